The molecule has 0 aliphatic carbocycles. The van der Waals surface area contributed by atoms with Gasteiger partial charge in [-0.25, -0.2) is 0 Å². The summed E-state index contributed by atoms with van der Waals surface area (Å²) < 4.78 is 12.6. The number of likely N-dealkylation sites (N-methyl/N-ethyl adjacent to an activating group) is 1. The smallest absolute Gasteiger partial charge is 0.360 e. The standard InChI is InChI=1S/C16H11BrN2O4/c1-18-13-4-2-3-5-14(13)22-16(18)7-6-10-8-11(19(20)21)9-12(17)15(10)23-16/h2-9H,1H3. The fraction of sp³-hybridized carbons (Fsp3) is 0.125. The summed E-state index contributed by atoms with van der Waals surface area (Å²) in [5.74, 6) is 0.147. The first-order valence-corrected chi connectivity index (χ1v) is 7.67. The number of nitrogens with zero attached hydrogens (tertiary/aromatic N) is 2. The third kappa shape index (κ3) is 2.00. The van der Waals surface area contributed by atoms with Crippen LogP contribution in [0.2, 0.25) is 0 Å². The average molecular weight is 375 g/mol. The number of ether oxygens (including phenoxy) is 2. The summed E-state index contributed by atoms with van der Waals surface area (Å²) in [7, 11) is 1.88. The maximum Gasteiger partial charge on any atom is 0.360 e. The van der Waals surface area contributed by atoms with Gasteiger partial charge in [0.25, 0.3) is 5.69 Å². The molecule has 2 aromatic carbocycles. The maximum atomic E-state index is 11.0. The average Bonchev–Trinajstić information content (AvgIpc) is 2.81. The van der Waals surface area contributed by atoms with Gasteiger partial charge in [0.05, 0.1) is 15.1 Å². The summed E-state index contributed by atoms with van der Waals surface area (Å²) in [5.41, 5.74) is 1.55. The summed E-state index contributed by atoms with van der Waals surface area (Å²) in [6.07, 6.45) is 3.53. The number of fused-ring (bicyclic) bond motifs is 2. The first-order chi connectivity index (χ1) is 11.0. The Labute approximate surface area is 140 Å². The van der Waals surface area contributed by atoms with Gasteiger partial charge >= 0.3 is 5.91 Å². The van der Waals surface area contributed by atoms with Crippen molar-refractivity contribution < 1.29 is 14.4 Å². The Bertz CT molecular complexity index is 867. The Morgan fingerprint density at radius 1 is 1.26 bits per heavy atom. The molecular weight excluding hydrogens is 364 g/mol. The van der Waals surface area contributed by atoms with E-state index in [1.807, 2.05) is 36.2 Å². The van der Waals surface area contributed by atoms with Crippen LogP contribution in [0.3, 0.4) is 0 Å². The largest absolute Gasteiger partial charge is 0.430 e. The molecular formula is C16H11BrN2O4. The van der Waals surface area contributed by atoms with E-state index >= 15 is 0 Å². The number of rotatable bonds is 1. The van der Waals surface area contributed by atoms with Crippen molar-refractivity contribution in [2.24, 2.45) is 0 Å². The monoisotopic (exact) mass is 374 g/mol. The van der Waals surface area contributed by atoms with Gasteiger partial charge in [-0.1, -0.05) is 12.1 Å². The van der Waals surface area contributed by atoms with Gasteiger partial charge in [-0.05, 0) is 34.1 Å². The summed E-state index contributed by atoms with van der Waals surface area (Å²) >= 11 is 3.35. The molecule has 1 spiro atoms. The van der Waals surface area contributed by atoms with Crippen LogP contribution in [0.1, 0.15) is 5.56 Å². The van der Waals surface area contributed by atoms with E-state index in [0.29, 0.717) is 15.8 Å². The summed E-state index contributed by atoms with van der Waals surface area (Å²) in [5, 5.41) is 11.0. The lowest BCUT2D eigenvalue weighted by molar-refractivity contribution is -0.385. The van der Waals surface area contributed by atoms with E-state index in [1.165, 1.54) is 12.1 Å². The Balaban J connectivity index is 1.79. The molecule has 1 unspecified atom stereocenters. The van der Waals surface area contributed by atoms with Gasteiger partial charge in [0.2, 0.25) is 0 Å². The van der Waals surface area contributed by atoms with E-state index in [0.717, 1.165) is 11.4 Å². The van der Waals surface area contributed by atoms with E-state index in [-0.39, 0.29) is 5.69 Å². The van der Waals surface area contributed by atoms with E-state index in [2.05, 4.69) is 15.9 Å². The molecule has 2 aromatic rings. The lowest BCUT2D eigenvalue weighted by Crippen LogP contribution is -2.52. The van der Waals surface area contributed by atoms with E-state index in [1.54, 1.807) is 12.2 Å². The molecule has 0 radical (unpaired) electrons. The third-order valence-corrected chi connectivity index (χ3v) is 4.53. The van der Waals surface area contributed by atoms with Crippen molar-refractivity contribution in [3.8, 4) is 11.5 Å². The predicted molar refractivity (Wildman–Crippen MR) is 88.7 cm³/mol. The molecule has 0 N–H and O–H groups in total. The predicted octanol–water partition coefficient (Wildman–Crippen LogP) is 3.95. The first kappa shape index (κ1) is 14.1. The van der Waals surface area contributed by atoms with Crippen molar-refractivity contribution in [1.82, 2.24) is 0 Å². The Kier molecular flexibility index (Phi) is 2.89. The number of nitro groups is 1. The number of nitro benzene ring substituents is 1. The second-order valence-corrected chi connectivity index (χ2v) is 6.15. The molecule has 2 aliphatic rings. The Morgan fingerprint density at radius 3 is 2.78 bits per heavy atom. The van der Waals surface area contributed by atoms with Crippen molar-refractivity contribution in [1.29, 1.82) is 0 Å². The normalized spacial score (nSPS) is 20.7. The van der Waals surface area contributed by atoms with Crippen LogP contribution in [0, 0.1) is 10.1 Å². The molecule has 6 nitrogen and oxygen atoms in total. The second kappa shape index (κ2) is 4.73. The van der Waals surface area contributed by atoms with Gasteiger partial charge in [0.1, 0.15) is 11.5 Å². The van der Waals surface area contributed by atoms with E-state index in [4.69, 9.17) is 9.47 Å². The molecule has 2 heterocycles. The van der Waals surface area contributed by atoms with Crippen LogP contribution in [-0.4, -0.2) is 17.9 Å². The zero-order valence-corrected chi connectivity index (χ0v) is 13.6. The number of benzene rings is 2. The molecule has 2 aliphatic heterocycles. The van der Waals surface area contributed by atoms with Gasteiger partial charge in [0.15, 0.2) is 0 Å². The SMILES string of the molecule is CN1c2ccccc2OC12C=Cc1cc([N+](=O)[O-])cc(Br)c1O2. The van der Waals surface area contributed by atoms with Gasteiger partial charge < -0.3 is 9.47 Å². The van der Waals surface area contributed by atoms with Crippen LogP contribution < -0.4 is 14.4 Å². The number of anilines is 1. The topological polar surface area (TPSA) is 64.8 Å². The van der Waals surface area contributed by atoms with Crippen molar-refractivity contribution in [2.75, 3.05) is 11.9 Å². The number of hydrogen-bond acceptors (Lipinski definition) is 5. The zero-order chi connectivity index (χ0) is 16.2. The lowest BCUT2D eigenvalue weighted by Gasteiger charge is -2.35. The molecule has 0 aromatic heterocycles. The highest BCUT2D eigenvalue weighted by Crippen LogP contribution is 2.47. The molecule has 7 heteroatoms. The van der Waals surface area contributed by atoms with Crippen molar-refractivity contribution in [3.63, 3.8) is 0 Å². The highest BCUT2D eigenvalue weighted by atomic mass is 79.9. The maximum absolute atomic E-state index is 11.0. The number of hydrogen-bond donors (Lipinski definition) is 0. The summed E-state index contributed by atoms with van der Waals surface area (Å²) in [6.45, 7) is 0. The minimum Gasteiger partial charge on any atom is -0.430 e. The molecule has 0 bridgehead atoms. The number of halogens is 1. The molecule has 116 valence electrons. The molecule has 0 fully saturated rings. The fourth-order valence-electron chi connectivity index (χ4n) is 2.76. The number of para-hydroxylation sites is 2. The van der Waals surface area contributed by atoms with Crippen LogP contribution in [-0.2, 0) is 0 Å². The van der Waals surface area contributed by atoms with Crippen LogP contribution in [0.4, 0.5) is 11.4 Å². The second-order valence-electron chi connectivity index (χ2n) is 5.30. The molecule has 23 heavy (non-hydrogen) atoms. The minimum atomic E-state index is -1.09. The van der Waals surface area contributed by atoms with E-state index < -0.39 is 10.8 Å². The highest BCUT2D eigenvalue weighted by molar-refractivity contribution is 9.10. The summed E-state index contributed by atoms with van der Waals surface area (Å²) in [6, 6.07) is 10.5. The van der Waals surface area contributed by atoms with Crippen LogP contribution in [0.5, 0.6) is 11.5 Å². The molecule has 1 atom stereocenters. The Hall–Kier alpha value is -2.54. The molecule has 0 saturated carbocycles. The van der Waals surface area contributed by atoms with Gasteiger partial charge in [-0.3, -0.25) is 15.0 Å². The van der Waals surface area contributed by atoms with Crippen LogP contribution in [0.15, 0.2) is 46.9 Å². The van der Waals surface area contributed by atoms with Crippen LogP contribution in [0.25, 0.3) is 6.08 Å². The van der Waals surface area contributed by atoms with E-state index in [9.17, 15) is 10.1 Å². The van der Waals surface area contributed by atoms with Gasteiger partial charge in [-0.15, -0.1) is 0 Å². The lowest BCUT2D eigenvalue weighted by atomic mass is 10.1. The highest BCUT2D eigenvalue weighted by Gasteiger charge is 2.47. The summed E-state index contributed by atoms with van der Waals surface area (Å²) in [4.78, 5) is 12.4. The Morgan fingerprint density at radius 2 is 2.04 bits per heavy atom. The minimum absolute atomic E-state index is 0.00352. The molecule has 4 rings (SSSR count). The van der Waals surface area contributed by atoms with Crippen LogP contribution >= 0.6 is 15.9 Å². The van der Waals surface area contributed by atoms with Crippen molar-refractivity contribution in [2.45, 2.75) is 5.91 Å². The molecule has 0 saturated heterocycles. The molecule has 0 amide bonds. The van der Waals surface area contributed by atoms with Gasteiger partial charge in [-0.2, -0.15) is 0 Å². The first-order valence-electron chi connectivity index (χ1n) is 6.88. The quantitative estimate of drug-likeness (QED) is 0.558. The van der Waals surface area contributed by atoms with Gasteiger partial charge in [0, 0.05) is 30.8 Å². The van der Waals surface area contributed by atoms with Crippen molar-refractivity contribution in [3.05, 3.63) is 62.6 Å². The number of non-ortho nitro benzene ring substituents is 1. The van der Waals surface area contributed by atoms with Crippen molar-refractivity contribution >= 4 is 33.4 Å². The fourth-order valence-corrected chi connectivity index (χ4v) is 3.31. The third-order valence-electron chi connectivity index (χ3n) is 3.94. The zero-order valence-electron chi connectivity index (χ0n) is 12.0.